The molecule has 164 valence electrons. The van der Waals surface area contributed by atoms with Crippen molar-refractivity contribution >= 4 is 11.9 Å². The lowest BCUT2D eigenvalue weighted by Gasteiger charge is -2.40. The second kappa shape index (κ2) is 9.12. The second-order valence-electron chi connectivity index (χ2n) is 8.15. The predicted octanol–water partition coefficient (Wildman–Crippen LogP) is 1.92. The molecule has 0 aliphatic carbocycles. The maximum absolute atomic E-state index is 11.8. The van der Waals surface area contributed by atoms with E-state index in [0.29, 0.717) is 0 Å². The van der Waals surface area contributed by atoms with Crippen LogP contribution in [0.25, 0.3) is 0 Å². The summed E-state index contributed by atoms with van der Waals surface area (Å²) in [4.78, 5) is 18.5. The van der Waals surface area contributed by atoms with E-state index in [1.54, 1.807) is 0 Å². The zero-order valence-corrected chi connectivity index (χ0v) is 17.8. The second-order valence-corrected chi connectivity index (χ2v) is 8.15. The Morgan fingerprint density at radius 2 is 1.97 bits per heavy atom. The Kier molecular flexibility index (Phi) is 6.32. The van der Waals surface area contributed by atoms with Crippen LogP contribution in [0.3, 0.4) is 0 Å². The van der Waals surface area contributed by atoms with E-state index in [1.807, 2.05) is 13.1 Å². The lowest BCUT2D eigenvalue weighted by atomic mass is 9.74. The number of nitrogens with zero attached hydrogens (tertiary/aromatic N) is 2. The van der Waals surface area contributed by atoms with Crippen molar-refractivity contribution in [2.75, 3.05) is 53.8 Å². The first kappa shape index (κ1) is 20.8. The Morgan fingerprint density at radius 1 is 1.23 bits per heavy atom. The van der Waals surface area contributed by atoms with E-state index < -0.39 is 0 Å². The molecule has 3 aliphatic heterocycles. The number of likely N-dealkylation sites (tertiary alicyclic amines) is 1. The molecule has 8 heteroatoms. The van der Waals surface area contributed by atoms with Gasteiger partial charge >= 0.3 is 5.97 Å². The van der Waals surface area contributed by atoms with Crippen molar-refractivity contribution in [3.8, 4) is 11.5 Å². The first-order chi connectivity index (χ1) is 14.6. The van der Waals surface area contributed by atoms with Gasteiger partial charge in [0.05, 0.1) is 13.0 Å². The maximum Gasteiger partial charge on any atom is 0.308 e. The van der Waals surface area contributed by atoms with Crippen LogP contribution < -0.4 is 14.8 Å². The lowest BCUT2D eigenvalue weighted by molar-refractivity contribution is -0.146. The summed E-state index contributed by atoms with van der Waals surface area (Å²) in [5.41, 5.74) is 1.18. The number of piperidine rings is 1. The van der Waals surface area contributed by atoms with Crippen LogP contribution in [0.1, 0.15) is 31.2 Å². The minimum Gasteiger partial charge on any atom is -0.469 e. The zero-order chi connectivity index (χ0) is 21.0. The van der Waals surface area contributed by atoms with Crippen molar-refractivity contribution < 1.29 is 23.7 Å². The van der Waals surface area contributed by atoms with Gasteiger partial charge in [-0.1, -0.05) is 6.07 Å². The van der Waals surface area contributed by atoms with Crippen LogP contribution in [0.15, 0.2) is 23.2 Å². The molecule has 0 bridgehead atoms. The maximum atomic E-state index is 11.8. The fraction of sp³-hybridized carbons (Fsp3) is 0.636. The number of hydrogen-bond donors (Lipinski definition) is 1. The fourth-order valence-electron chi connectivity index (χ4n) is 4.63. The number of ether oxygens (including phenoxy) is 4. The van der Waals surface area contributed by atoms with Gasteiger partial charge in [-0.15, -0.1) is 0 Å². The summed E-state index contributed by atoms with van der Waals surface area (Å²) in [6.07, 6.45) is 3.44. The van der Waals surface area contributed by atoms with Gasteiger partial charge in [0.2, 0.25) is 6.79 Å². The number of carbonyl (C=O) groups excluding carboxylic acids is 1. The first-order valence-electron chi connectivity index (χ1n) is 10.7. The van der Waals surface area contributed by atoms with Gasteiger partial charge in [0.1, 0.15) is 0 Å². The van der Waals surface area contributed by atoms with Gasteiger partial charge in [0.15, 0.2) is 17.5 Å². The summed E-state index contributed by atoms with van der Waals surface area (Å²) in [5.74, 6) is 2.37. The number of carbonyl (C=O) groups is 1. The van der Waals surface area contributed by atoms with Crippen LogP contribution in [-0.4, -0.2) is 70.6 Å². The van der Waals surface area contributed by atoms with Crippen LogP contribution >= 0.6 is 0 Å². The lowest BCUT2D eigenvalue weighted by Crippen LogP contribution is -2.51. The predicted molar refractivity (Wildman–Crippen MR) is 112 cm³/mol. The summed E-state index contributed by atoms with van der Waals surface area (Å²) in [6, 6.07) is 6.26. The van der Waals surface area contributed by atoms with Crippen molar-refractivity contribution in [2.45, 2.75) is 31.1 Å². The molecule has 0 radical (unpaired) electrons. The standard InChI is InChI=1S/C22H31N3O5/c1-23-21(25-9-5-16(6-10-25)20(26)27-2)24-14-22(7-11-28-12-8-22)17-3-4-18-19(13-17)30-15-29-18/h3-4,13,16H,5-12,14-15H2,1-2H3,(H,23,24). The third-order valence-corrected chi connectivity index (χ3v) is 6.56. The average molecular weight is 418 g/mol. The molecule has 0 saturated carbocycles. The normalized spacial score (nSPS) is 21.4. The number of rotatable bonds is 4. The largest absolute Gasteiger partial charge is 0.469 e. The Morgan fingerprint density at radius 3 is 2.67 bits per heavy atom. The van der Waals surface area contributed by atoms with E-state index in [4.69, 9.17) is 18.9 Å². The molecule has 0 amide bonds. The van der Waals surface area contributed by atoms with Crippen LogP contribution in [-0.2, 0) is 19.7 Å². The molecule has 3 heterocycles. The molecule has 8 nitrogen and oxygen atoms in total. The molecule has 2 fully saturated rings. The molecular formula is C22H31N3O5. The molecule has 1 aromatic rings. The van der Waals surface area contributed by atoms with E-state index in [9.17, 15) is 4.79 Å². The number of benzene rings is 1. The number of aliphatic imine (C=N–C) groups is 1. The fourth-order valence-corrected chi connectivity index (χ4v) is 4.63. The summed E-state index contributed by atoms with van der Waals surface area (Å²) in [7, 11) is 3.27. The molecule has 0 unspecified atom stereocenters. The third-order valence-electron chi connectivity index (χ3n) is 6.56. The summed E-state index contributed by atoms with van der Waals surface area (Å²) >= 11 is 0. The first-order valence-corrected chi connectivity index (χ1v) is 10.7. The highest BCUT2D eigenvalue weighted by Crippen LogP contribution is 2.40. The number of nitrogens with one attached hydrogen (secondary N) is 1. The SMILES string of the molecule is CN=C(NCC1(c2ccc3c(c2)OCO3)CCOCC1)N1CCC(C(=O)OC)CC1. The average Bonchev–Trinajstić information content (AvgIpc) is 3.28. The monoisotopic (exact) mass is 417 g/mol. The molecule has 30 heavy (non-hydrogen) atoms. The molecule has 1 aromatic carbocycles. The van der Waals surface area contributed by atoms with Crippen LogP contribution in [0.2, 0.25) is 0 Å². The van der Waals surface area contributed by atoms with Crippen molar-refractivity contribution in [2.24, 2.45) is 10.9 Å². The van der Waals surface area contributed by atoms with Crippen molar-refractivity contribution in [1.82, 2.24) is 10.2 Å². The van der Waals surface area contributed by atoms with Gasteiger partial charge in [0.25, 0.3) is 0 Å². The summed E-state index contributed by atoms with van der Waals surface area (Å²) in [5, 5.41) is 3.61. The Labute approximate surface area is 177 Å². The van der Waals surface area contributed by atoms with Gasteiger partial charge in [-0.3, -0.25) is 9.79 Å². The minimum absolute atomic E-state index is 0.0141. The number of fused-ring (bicyclic) bond motifs is 1. The van der Waals surface area contributed by atoms with Gasteiger partial charge in [-0.2, -0.15) is 0 Å². The molecule has 0 atom stereocenters. The van der Waals surface area contributed by atoms with Crippen LogP contribution in [0.5, 0.6) is 11.5 Å². The smallest absolute Gasteiger partial charge is 0.308 e. The zero-order valence-electron chi connectivity index (χ0n) is 17.8. The quantitative estimate of drug-likeness (QED) is 0.455. The van der Waals surface area contributed by atoms with E-state index >= 15 is 0 Å². The van der Waals surface area contributed by atoms with Gasteiger partial charge in [0, 0.05) is 45.3 Å². The van der Waals surface area contributed by atoms with E-state index in [2.05, 4.69) is 27.3 Å². The molecule has 2 saturated heterocycles. The van der Waals surface area contributed by atoms with E-state index in [1.165, 1.54) is 12.7 Å². The van der Waals surface area contributed by atoms with Crippen molar-refractivity contribution in [1.29, 1.82) is 0 Å². The molecule has 3 aliphatic rings. The highest BCUT2D eigenvalue weighted by atomic mass is 16.7. The molecule has 0 aromatic heterocycles. The van der Waals surface area contributed by atoms with Gasteiger partial charge in [-0.05, 0) is 43.4 Å². The van der Waals surface area contributed by atoms with E-state index in [-0.39, 0.29) is 24.1 Å². The van der Waals surface area contributed by atoms with Crippen LogP contribution in [0, 0.1) is 5.92 Å². The highest BCUT2D eigenvalue weighted by Gasteiger charge is 2.36. The minimum atomic E-state index is -0.110. The summed E-state index contributed by atoms with van der Waals surface area (Å²) < 4.78 is 21.7. The number of esters is 1. The molecule has 4 rings (SSSR count). The molecule has 1 N–H and O–H groups in total. The summed E-state index contributed by atoms with van der Waals surface area (Å²) in [6.45, 7) is 4.10. The van der Waals surface area contributed by atoms with E-state index in [0.717, 1.165) is 76.0 Å². The molecule has 0 spiro atoms. The Balaban J connectivity index is 1.44. The van der Waals surface area contributed by atoms with Gasteiger partial charge < -0.3 is 29.2 Å². The van der Waals surface area contributed by atoms with Gasteiger partial charge in [-0.25, -0.2) is 0 Å². The Bertz CT molecular complexity index is 783. The third kappa shape index (κ3) is 4.19. The number of guanidine groups is 1. The highest BCUT2D eigenvalue weighted by molar-refractivity contribution is 5.80. The molecular weight excluding hydrogens is 386 g/mol. The topological polar surface area (TPSA) is 81.6 Å². The van der Waals surface area contributed by atoms with Crippen molar-refractivity contribution in [3.05, 3.63) is 23.8 Å². The van der Waals surface area contributed by atoms with Crippen LogP contribution in [0.4, 0.5) is 0 Å². The Hall–Kier alpha value is -2.48. The van der Waals surface area contributed by atoms with Crippen molar-refractivity contribution in [3.63, 3.8) is 0 Å². The number of methoxy groups -OCH3 is 1. The number of hydrogen-bond acceptors (Lipinski definition) is 6.